The van der Waals surface area contributed by atoms with Crippen molar-refractivity contribution < 1.29 is 0 Å². The second-order valence-electron chi connectivity index (χ2n) is 3.94. The van der Waals surface area contributed by atoms with E-state index in [0.717, 1.165) is 0 Å². The Labute approximate surface area is 100 Å². The van der Waals surface area contributed by atoms with Crippen molar-refractivity contribution in [1.82, 2.24) is 0 Å². The Morgan fingerprint density at radius 2 is 1.53 bits per heavy atom. The molecule has 0 fully saturated rings. The quantitative estimate of drug-likeness (QED) is 0.395. The van der Waals surface area contributed by atoms with Crippen molar-refractivity contribution >= 4 is 11.8 Å². The Kier molecular flexibility index (Phi) is 13.7. The lowest BCUT2D eigenvalue weighted by atomic mass is 10.1. The highest BCUT2D eigenvalue weighted by Crippen LogP contribution is 2.10. The molecule has 1 heteroatoms. The third-order valence-corrected chi connectivity index (χ3v) is 3.04. The monoisotopic (exact) mass is 226 g/mol. The molecule has 0 amide bonds. The Morgan fingerprint density at radius 1 is 0.933 bits per heavy atom. The van der Waals surface area contributed by atoms with Gasteiger partial charge >= 0.3 is 0 Å². The van der Waals surface area contributed by atoms with E-state index in [9.17, 15) is 0 Å². The van der Waals surface area contributed by atoms with E-state index in [4.69, 9.17) is 0 Å². The van der Waals surface area contributed by atoms with Crippen molar-refractivity contribution in [1.29, 1.82) is 0 Å². The van der Waals surface area contributed by atoms with Crippen molar-refractivity contribution in [3.8, 4) is 0 Å². The van der Waals surface area contributed by atoms with Crippen LogP contribution in [0.15, 0.2) is 23.5 Å². The number of rotatable bonds is 11. The molecule has 0 heterocycles. The molecule has 0 nitrogen and oxygen atoms in total. The van der Waals surface area contributed by atoms with Crippen molar-refractivity contribution in [2.45, 2.75) is 64.7 Å². The van der Waals surface area contributed by atoms with E-state index in [1.54, 1.807) is 11.8 Å². The fourth-order valence-electron chi connectivity index (χ4n) is 1.58. The molecule has 0 saturated heterocycles. The summed E-state index contributed by atoms with van der Waals surface area (Å²) in [6.45, 7) is 5.93. The predicted molar refractivity (Wildman–Crippen MR) is 74.2 cm³/mol. The van der Waals surface area contributed by atoms with Crippen LogP contribution in [0.1, 0.15) is 64.7 Å². The Hall–Kier alpha value is -0.170. The van der Waals surface area contributed by atoms with Crippen LogP contribution >= 0.6 is 11.8 Å². The number of hydrogen-bond donors (Lipinski definition) is 0. The van der Waals surface area contributed by atoms with Crippen LogP contribution in [0.25, 0.3) is 0 Å². The Balaban J connectivity index is 2.95. The smallest absolute Gasteiger partial charge is 0.0288 e. The average Bonchev–Trinajstić information content (AvgIpc) is 2.26. The zero-order valence-corrected chi connectivity index (χ0v) is 11.0. The van der Waals surface area contributed by atoms with Crippen LogP contribution in [0, 0.1) is 0 Å². The molecule has 0 rings (SSSR count). The van der Waals surface area contributed by atoms with Gasteiger partial charge in [-0.1, -0.05) is 64.5 Å². The molecule has 15 heavy (non-hydrogen) atoms. The van der Waals surface area contributed by atoms with E-state index < -0.39 is 0 Å². The fourth-order valence-corrected chi connectivity index (χ4v) is 1.93. The third kappa shape index (κ3) is 13.8. The van der Waals surface area contributed by atoms with E-state index in [2.05, 4.69) is 25.0 Å². The van der Waals surface area contributed by atoms with Crippen LogP contribution in [0.4, 0.5) is 0 Å². The van der Waals surface area contributed by atoms with Crippen LogP contribution in [0.2, 0.25) is 0 Å². The van der Waals surface area contributed by atoms with Gasteiger partial charge in [0.25, 0.3) is 0 Å². The second kappa shape index (κ2) is 13.8. The second-order valence-corrected chi connectivity index (χ2v) is 4.82. The fraction of sp³-hybridized carbons (Fsp3) is 0.714. The molecule has 0 aromatic rings. The standard InChI is InChI=1S/C14H26S/c1-3-5-6-7-8-9-10-11-12-13-14-15-4-2/h4,13-14H,2-3,5-12H2,1H3. The van der Waals surface area contributed by atoms with E-state index in [1.165, 1.54) is 57.8 Å². The van der Waals surface area contributed by atoms with Gasteiger partial charge in [0.2, 0.25) is 0 Å². The summed E-state index contributed by atoms with van der Waals surface area (Å²) in [4.78, 5) is 0. The van der Waals surface area contributed by atoms with Gasteiger partial charge in [0, 0.05) is 0 Å². The molecule has 0 aromatic heterocycles. The molecule has 0 unspecified atom stereocenters. The molecule has 0 aromatic carbocycles. The molecule has 0 aliphatic heterocycles. The predicted octanol–water partition coefficient (Wildman–Crippen LogP) is 5.91. The third-order valence-electron chi connectivity index (χ3n) is 2.50. The molecule has 0 aliphatic carbocycles. The molecule has 0 spiro atoms. The van der Waals surface area contributed by atoms with Gasteiger partial charge in [-0.2, -0.15) is 0 Å². The van der Waals surface area contributed by atoms with Crippen LogP contribution in [-0.2, 0) is 0 Å². The van der Waals surface area contributed by atoms with Crippen molar-refractivity contribution in [3.05, 3.63) is 23.5 Å². The minimum absolute atomic E-state index is 1.23. The van der Waals surface area contributed by atoms with Crippen molar-refractivity contribution in [2.75, 3.05) is 0 Å². The lowest BCUT2D eigenvalue weighted by molar-refractivity contribution is 0.578. The normalized spacial score (nSPS) is 11.0. The van der Waals surface area contributed by atoms with Gasteiger partial charge < -0.3 is 0 Å². The molecule has 88 valence electrons. The average molecular weight is 226 g/mol. The van der Waals surface area contributed by atoms with Crippen molar-refractivity contribution in [2.24, 2.45) is 0 Å². The molecule has 0 atom stereocenters. The maximum Gasteiger partial charge on any atom is -0.0288 e. The molecule has 0 aliphatic rings. The van der Waals surface area contributed by atoms with E-state index in [-0.39, 0.29) is 0 Å². The first-order chi connectivity index (χ1) is 7.41. The summed E-state index contributed by atoms with van der Waals surface area (Å²) in [5.74, 6) is 0. The van der Waals surface area contributed by atoms with Gasteiger partial charge in [-0.3, -0.25) is 0 Å². The Morgan fingerprint density at radius 3 is 2.13 bits per heavy atom. The summed E-state index contributed by atoms with van der Waals surface area (Å²) < 4.78 is 0. The van der Waals surface area contributed by atoms with Gasteiger partial charge in [-0.05, 0) is 23.7 Å². The molecule has 0 radical (unpaired) electrons. The first kappa shape index (κ1) is 14.8. The van der Waals surface area contributed by atoms with Crippen LogP contribution in [0.5, 0.6) is 0 Å². The van der Waals surface area contributed by atoms with Gasteiger partial charge in [-0.25, -0.2) is 0 Å². The number of thioether (sulfide) groups is 1. The largest absolute Gasteiger partial charge is 0.107 e. The summed E-state index contributed by atoms with van der Waals surface area (Å²) >= 11 is 1.67. The zero-order chi connectivity index (χ0) is 11.2. The first-order valence-electron chi connectivity index (χ1n) is 6.33. The highest BCUT2D eigenvalue weighted by molar-refractivity contribution is 8.04. The molecular formula is C14H26S. The summed E-state index contributed by atoms with van der Waals surface area (Å²) in [7, 11) is 0. The zero-order valence-electron chi connectivity index (χ0n) is 10.2. The van der Waals surface area contributed by atoms with Crippen LogP contribution in [-0.4, -0.2) is 0 Å². The highest BCUT2D eigenvalue weighted by atomic mass is 32.2. The maximum atomic E-state index is 3.66. The van der Waals surface area contributed by atoms with Crippen molar-refractivity contribution in [3.63, 3.8) is 0 Å². The summed E-state index contributed by atoms with van der Waals surface area (Å²) in [6.07, 6.45) is 14.7. The summed E-state index contributed by atoms with van der Waals surface area (Å²) in [5, 5.41) is 4.00. The Bertz CT molecular complexity index is 149. The molecular weight excluding hydrogens is 200 g/mol. The van der Waals surface area contributed by atoms with Crippen LogP contribution < -0.4 is 0 Å². The van der Waals surface area contributed by atoms with Gasteiger partial charge in [0.05, 0.1) is 0 Å². The number of allylic oxidation sites excluding steroid dienone is 1. The minimum Gasteiger partial charge on any atom is -0.107 e. The van der Waals surface area contributed by atoms with E-state index in [0.29, 0.717) is 0 Å². The van der Waals surface area contributed by atoms with Gasteiger partial charge in [0.15, 0.2) is 0 Å². The lowest BCUT2D eigenvalue weighted by Gasteiger charge is -1.99. The summed E-state index contributed by atoms with van der Waals surface area (Å²) in [5.41, 5.74) is 0. The number of hydrogen-bond acceptors (Lipinski definition) is 1. The SMILES string of the molecule is C=CSC=CCCCCCCCCCC. The molecule has 0 bridgehead atoms. The van der Waals surface area contributed by atoms with Gasteiger partial charge in [0.1, 0.15) is 0 Å². The minimum atomic E-state index is 1.23. The first-order valence-corrected chi connectivity index (χ1v) is 7.27. The van der Waals surface area contributed by atoms with E-state index >= 15 is 0 Å². The highest BCUT2D eigenvalue weighted by Gasteiger charge is 1.89. The molecule has 0 N–H and O–H groups in total. The molecule has 0 saturated carbocycles. The summed E-state index contributed by atoms with van der Waals surface area (Å²) in [6, 6.07) is 0. The number of unbranched alkanes of at least 4 members (excludes halogenated alkanes) is 8. The lowest BCUT2D eigenvalue weighted by Crippen LogP contribution is -1.79. The van der Waals surface area contributed by atoms with Gasteiger partial charge in [-0.15, -0.1) is 11.8 Å². The topological polar surface area (TPSA) is 0 Å². The maximum absolute atomic E-state index is 3.66. The van der Waals surface area contributed by atoms with E-state index in [1.807, 2.05) is 5.41 Å². The van der Waals surface area contributed by atoms with Crippen LogP contribution in [0.3, 0.4) is 0 Å².